The fraction of sp³-hybridized carbons (Fsp3) is 0.600. The third-order valence-electron chi connectivity index (χ3n) is 3.66. The first kappa shape index (κ1) is 16.0. The summed E-state index contributed by atoms with van der Waals surface area (Å²) in [6.45, 7) is 6.86. The summed E-state index contributed by atoms with van der Waals surface area (Å²) in [5, 5.41) is 15.2. The number of nitro groups is 1. The summed E-state index contributed by atoms with van der Waals surface area (Å²) in [6.07, 6.45) is 2.29. The van der Waals surface area contributed by atoms with Crippen LogP contribution >= 0.6 is 11.6 Å². The zero-order valence-corrected chi connectivity index (χ0v) is 13.3. The van der Waals surface area contributed by atoms with Crippen LogP contribution in [0.4, 0.5) is 11.4 Å². The molecule has 0 radical (unpaired) electrons. The minimum Gasteiger partial charge on any atom is -0.364 e. The molecule has 1 aromatic carbocycles. The smallest absolute Gasteiger partial charge is 0.294 e. The quantitative estimate of drug-likeness (QED) is 0.645. The molecule has 0 spiro atoms. The summed E-state index contributed by atoms with van der Waals surface area (Å²) in [4.78, 5) is 13.1. The molecule has 1 aliphatic rings. The largest absolute Gasteiger partial charge is 0.364 e. The molecule has 0 aliphatic carbocycles. The predicted molar refractivity (Wildman–Crippen MR) is 86.2 cm³/mol. The van der Waals surface area contributed by atoms with E-state index in [-0.39, 0.29) is 10.6 Å². The third-order valence-corrected chi connectivity index (χ3v) is 3.90. The average molecular weight is 312 g/mol. The summed E-state index contributed by atoms with van der Waals surface area (Å²) < 4.78 is 0. The molecule has 1 heterocycles. The van der Waals surface area contributed by atoms with Crippen molar-refractivity contribution in [2.75, 3.05) is 24.5 Å². The molecule has 1 aliphatic heterocycles. The lowest BCUT2D eigenvalue weighted by Crippen LogP contribution is -2.39. The van der Waals surface area contributed by atoms with Crippen LogP contribution in [0.2, 0.25) is 5.02 Å². The van der Waals surface area contributed by atoms with Crippen LogP contribution in [-0.4, -0.2) is 30.6 Å². The highest BCUT2D eigenvalue weighted by Gasteiger charge is 2.24. The molecule has 0 amide bonds. The van der Waals surface area contributed by atoms with Crippen LogP contribution in [0, 0.1) is 16.0 Å². The Bertz CT molecular complexity index is 502. The molecule has 1 unspecified atom stereocenters. The Morgan fingerprint density at radius 1 is 1.52 bits per heavy atom. The maximum atomic E-state index is 11.3. The Labute approximate surface area is 130 Å². The predicted octanol–water partition coefficient (Wildman–Crippen LogP) is 3.46. The Morgan fingerprint density at radius 2 is 2.29 bits per heavy atom. The average Bonchev–Trinajstić information content (AvgIpc) is 2.90. The van der Waals surface area contributed by atoms with Gasteiger partial charge in [0, 0.05) is 30.2 Å². The minimum atomic E-state index is -0.351. The molecule has 21 heavy (non-hydrogen) atoms. The molecule has 1 saturated heterocycles. The normalized spacial score (nSPS) is 18.2. The van der Waals surface area contributed by atoms with Crippen LogP contribution in [0.1, 0.15) is 26.7 Å². The van der Waals surface area contributed by atoms with Gasteiger partial charge in [-0.05, 0) is 37.4 Å². The second-order valence-corrected chi connectivity index (χ2v) is 6.42. The van der Waals surface area contributed by atoms with Gasteiger partial charge in [0.25, 0.3) is 5.69 Å². The number of hydrogen-bond acceptors (Lipinski definition) is 4. The summed E-state index contributed by atoms with van der Waals surface area (Å²) in [5.41, 5.74) is 0.743. The van der Waals surface area contributed by atoms with Crippen LogP contribution in [0.15, 0.2) is 18.2 Å². The Morgan fingerprint density at radius 3 is 2.86 bits per heavy atom. The molecule has 1 aromatic rings. The lowest BCUT2D eigenvalue weighted by molar-refractivity contribution is -0.384. The zero-order valence-electron chi connectivity index (χ0n) is 12.5. The summed E-state index contributed by atoms with van der Waals surface area (Å²) in [6, 6.07) is 5.32. The number of anilines is 1. The topological polar surface area (TPSA) is 58.4 Å². The van der Waals surface area contributed by atoms with E-state index < -0.39 is 0 Å². The fourth-order valence-corrected chi connectivity index (χ4v) is 2.97. The monoisotopic (exact) mass is 311 g/mol. The number of nitrogens with one attached hydrogen (secondary N) is 1. The highest BCUT2D eigenvalue weighted by Crippen LogP contribution is 2.32. The van der Waals surface area contributed by atoms with Gasteiger partial charge >= 0.3 is 0 Å². The number of halogens is 1. The summed E-state index contributed by atoms with van der Waals surface area (Å²) >= 11 is 5.91. The molecule has 0 saturated carbocycles. The van der Waals surface area contributed by atoms with E-state index in [9.17, 15) is 10.1 Å². The van der Waals surface area contributed by atoms with E-state index in [1.54, 1.807) is 12.1 Å². The lowest BCUT2D eigenvalue weighted by Gasteiger charge is -2.29. The second kappa shape index (κ2) is 7.09. The number of nitrogens with zero attached hydrogens (tertiary/aromatic N) is 2. The molecular weight excluding hydrogens is 290 g/mol. The van der Waals surface area contributed by atoms with Gasteiger partial charge in [-0.2, -0.15) is 0 Å². The van der Waals surface area contributed by atoms with E-state index in [1.807, 2.05) is 0 Å². The minimum absolute atomic E-state index is 0.0844. The Balaban J connectivity index is 2.28. The van der Waals surface area contributed by atoms with Crippen molar-refractivity contribution in [1.82, 2.24) is 5.32 Å². The standard InChI is InChI=1S/C15H22ClN3O2/c1-11(2)9-18(10-13-4-3-7-17-13)14-6-5-12(16)8-15(14)19(20)21/h5-6,8,11,13,17H,3-4,7,9-10H2,1-2H3. The van der Waals surface area contributed by atoms with Gasteiger partial charge in [0.2, 0.25) is 0 Å². The van der Waals surface area contributed by atoms with Crippen molar-refractivity contribution in [2.24, 2.45) is 5.92 Å². The molecule has 1 atom stereocenters. The summed E-state index contributed by atoms with van der Waals surface area (Å²) in [7, 11) is 0. The van der Waals surface area contributed by atoms with Crippen LogP contribution in [-0.2, 0) is 0 Å². The van der Waals surface area contributed by atoms with E-state index in [1.165, 1.54) is 12.5 Å². The molecule has 6 heteroatoms. The second-order valence-electron chi connectivity index (χ2n) is 5.98. The molecule has 0 bridgehead atoms. The summed E-state index contributed by atoms with van der Waals surface area (Å²) in [5.74, 6) is 0.432. The lowest BCUT2D eigenvalue weighted by atomic mass is 10.1. The van der Waals surface area contributed by atoms with Crippen molar-refractivity contribution in [3.63, 3.8) is 0 Å². The molecule has 1 N–H and O–H groups in total. The number of benzene rings is 1. The highest BCUT2D eigenvalue weighted by atomic mass is 35.5. The van der Waals surface area contributed by atoms with Gasteiger partial charge in [-0.1, -0.05) is 25.4 Å². The number of nitro benzene ring substituents is 1. The van der Waals surface area contributed by atoms with Crippen molar-refractivity contribution < 1.29 is 4.92 Å². The molecule has 1 fully saturated rings. The van der Waals surface area contributed by atoms with Gasteiger partial charge in [0.05, 0.1) is 4.92 Å². The van der Waals surface area contributed by atoms with E-state index >= 15 is 0 Å². The molecule has 5 nitrogen and oxygen atoms in total. The van der Waals surface area contributed by atoms with E-state index in [0.29, 0.717) is 22.7 Å². The van der Waals surface area contributed by atoms with Gasteiger partial charge in [-0.3, -0.25) is 10.1 Å². The van der Waals surface area contributed by atoms with Gasteiger partial charge in [-0.15, -0.1) is 0 Å². The molecule has 0 aromatic heterocycles. The van der Waals surface area contributed by atoms with E-state index in [2.05, 4.69) is 24.1 Å². The maximum absolute atomic E-state index is 11.3. The van der Waals surface area contributed by atoms with Crippen LogP contribution < -0.4 is 10.2 Å². The SMILES string of the molecule is CC(C)CN(CC1CCCN1)c1ccc(Cl)cc1[N+](=O)[O-]. The Kier molecular flexibility index (Phi) is 5.42. The van der Waals surface area contributed by atoms with Crippen molar-refractivity contribution in [3.05, 3.63) is 33.3 Å². The van der Waals surface area contributed by atoms with Crippen LogP contribution in [0.3, 0.4) is 0 Å². The molecule has 2 rings (SSSR count). The first-order valence-electron chi connectivity index (χ1n) is 7.39. The molecule has 116 valence electrons. The maximum Gasteiger partial charge on any atom is 0.294 e. The van der Waals surface area contributed by atoms with E-state index in [4.69, 9.17) is 11.6 Å². The van der Waals surface area contributed by atoms with Crippen molar-refractivity contribution in [1.29, 1.82) is 0 Å². The number of hydrogen-bond donors (Lipinski definition) is 1. The fourth-order valence-electron chi connectivity index (χ4n) is 2.80. The van der Waals surface area contributed by atoms with Crippen molar-refractivity contribution >= 4 is 23.0 Å². The van der Waals surface area contributed by atoms with Crippen LogP contribution in [0.5, 0.6) is 0 Å². The third kappa shape index (κ3) is 4.32. The van der Waals surface area contributed by atoms with Crippen LogP contribution in [0.25, 0.3) is 0 Å². The zero-order chi connectivity index (χ0) is 15.4. The van der Waals surface area contributed by atoms with Gasteiger partial charge in [0.15, 0.2) is 0 Å². The first-order valence-corrected chi connectivity index (χ1v) is 7.77. The molecular formula is C15H22ClN3O2. The van der Waals surface area contributed by atoms with Crippen molar-refractivity contribution in [3.8, 4) is 0 Å². The van der Waals surface area contributed by atoms with Crippen molar-refractivity contribution in [2.45, 2.75) is 32.7 Å². The highest BCUT2D eigenvalue weighted by molar-refractivity contribution is 6.30. The number of rotatable bonds is 6. The van der Waals surface area contributed by atoms with Gasteiger partial charge in [0.1, 0.15) is 5.69 Å². The first-order chi connectivity index (χ1) is 9.97. The van der Waals surface area contributed by atoms with Gasteiger partial charge in [-0.25, -0.2) is 0 Å². The Hall–Kier alpha value is -1.33. The van der Waals surface area contributed by atoms with E-state index in [0.717, 1.165) is 26.1 Å². The van der Waals surface area contributed by atoms with Gasteiger partial charge < -0.3 is 10.2 Å².